The van der Waals surface area contributed by atoms with Gasteiger partial charge in [0.25, 0.3) is 0 Å². The van der Waals surface area contributed by atoms with E-state index in [1.54, 1.807) is 6.07 Å². The molecule has 0 aliphatic rings. The zero-order chi connectivity index (χ0) is 12.4. The van der Waals surface area contributed by atoms with Crippen LogP contribution in [0.25, 0.3) is 0 Å². The Labute approximate surface area is 121 Å². The second-order valence-electron chi connectivity index (χ2n) is 3.43. The van der Waals surface area contributed by atoms with Crippen LogP contribution < -0.4 is 0 Å². The van der Waals surface area contributed by atoms with Gasteiger partial charge in [0.2, 0.25) is 0 Å². The molecule has 0 unspecified atom stereocenters. The number of thiophene rings is 1. The molecular formula is C12H7BrCl2OS. The highest BCUT2D eigenvalue weighted by Gasteiger charge is 2.15. The molecule has 0 radical (unpaired) electrons. The van der Waals surface area contributed by atoms with Gasteiger partial charge in [0.1, 0.15) is 4.34 Å². The number of Topliss-reactive ketones (excluding diaryl/α,β-unsaturated/α-hetero) is 1. The normalized spacial score (nSPS) is 10.5. The van der Waals surface area contributed by atoms with E-state index in [0.29, 0.717) is 20.7 Å². The largest absolute Gasteiger partial charge is 0.294 e. The highest BCUT2D eigenvalue weighted by Crippen LogP contribution is 2.32. The van der Waals surface area contributed by atoms with Crippen molar-refractivity contribution in [3.63, 3.8) is 0 Å². The maximum absolute atomic E-state index is 12.0. The van der Waals surface area contributed by atoms with Crippen LogP contribution in [0.2, 0.25) is 8.67 Å². The van der Waals surface area contributed by atoms with Crippen LogP contribution in [0.4, 0.5) is 0 Å². The lowest BCUT2D eigenvalue weighted by molar-refractivity contribution is 0.0993. The number of hydrogen-bond acceptors (Lipinski definition) is 2. The zero-order valence-electron chi connectivity index (χ0n) is 8.54. The van der Waals surface area contributed by atoms with Crippen molar-refractivity contribution in [1.82, 2.24) is 0 Å². The fourth-order valence-electron chi connectivity index (χ4n) is 1.44. The Morgan fingerprint density at radius 2 is 2.00 bits per heavy atom. The summed E-state index contributed by atoms with van der Waals surface area (Å²) >= 11 is 16.4. The van der Waals surface area contributed by atoms with Crippen LogP contribution >= 0.6 is 50.5 Å². The van der Waals surface area contributed by atoms with Crippen molar-refractivity contribution >= 4 is 56.3 Å². The summed E-state index contributed by atoms with van der Waals surface area (Å²) < 4.78 is 1.91. The number of benzene rings is 1. The van der Waals surface area contributed by atoms with Gasteiger partial charge in [-0.05, 0) is 17.7 Å². The predicted molar refractivity (Wildman–Crippen MR) is 76.5 cm³/mol. The van der Waals surface area contributed by atoms with Crippen LogP contribution in [0.5, 0.6) is 0 Å². The summed E-state index contributed by atoms with van der Waals surface area (Å²) in [5.41, 5.74) is 1.44. The molecule has 0 aliphatic heterocycles. The van der Waals surface area contributed by atoms with Crippen LogP contribution in [0.3, 0.4) is 0 Å². The van der Waals surface area contributed by atoms with Gasteiger partial charge in [0.05, 0.1) is 4.34 Å². The highest BCUT2D eigenvalue weighted by atomic mass is 79.9. The van der Waals surface area contributed by atoms with Gasteiger partial charge in [-0.3, -0.25) is 4.79 Å². The van der Waals surface area contributed by atoms with Gasteiger partial charge < -0.3 is 0 Å². The molecule has 88 valence electrons. The minimum absolute atomic E-state index is 0.0231. The van der Waals surface area contributed by atoms with Gasteiger partial charge in [-0.15, -0.1) is 11.3 Å². The summed E-state index contributed by atoms with van der Waals surface area (Å²) in [7, 11) is 0. The van der Waals surface area contributed by atoms with Gasteiger partial charge in [0.15, 0.2) is 5.78 Å². The second-order valence-corrected chi connectivity index (χ2v) is 6.57. The SMILES string of the molecule is O=C(Cc1ccccc1Br)c1cc(Cl)sc1Cl. The summed E-state index contributed by atoms with van der Waals surface area (Å²) in [6.07, 6.45) is 0.314. The molecule has 1 aromatic carbocycles. The van der Waals surface area contributed by atoms with Crippen molar-refractivity contribution in [3.05, 3.63) is 54.6 Å². The van der Waals surface area contributed by atoms with E-state index in [4.69, 9.17) is 23.2 Å². The first kappa shape index (κ1) is 13.1. The fraction of sp³-hybridized carbons (Fsp3) is 0.0833. The van der Waals surface area contributed by atoms with E-state index in [1.807, 2.05) is 24.3 Å². The number of carbonyl (C=O) groups is 1. The summed E-state index contributed by atoms with van der Waals surface area (Å²) in [5, 5.41) is 0. The van der Waals surface area contributed by atoms with Gasteiger partial charge in [-0.2, -0.15) is 0 Å². The minimum Gasteiger partial charge on any atom is -0.294 e. The highest BCUT2D eigenvalue weighted by molar-refractivity contribution is 9.10. The molecule has 1 heterocycles. The zero-order valence-corrected chi connectivity index (χ0v) is 12.5. The molecule has 0 N–H and O–H groups in total. The third kappa shape index (κ3) is 3.10. The molecule has 17 heavy (non-hydrogen) atoms. The number of hydrogen-bond donors (Lipinski definition) is 0. The third-order valence-electron chi connectivity index (χ3n) is 2.27. The first-order chi connectivity index (χ1) is 8.08. The van der Waals surface area contributed by atoms with E-state index in [1.165, 1.54) is 11.3 Å². The average Bonchev–Trinajstić information content (AvgIpc) is 2.61. The molecule has 2 rings (SSSR count). The lowest BCUT2D eigenvalue weighted by Crippen LogP contribution is -2.03. The van der Waals surface area contributed by atoms with E-state index in [0.717, 1.165) is 10.0 Å². The van der Waals surface area contributed by atoms with Gasteiger partial charge in [-0.1, -0.05) is 57.3 Å². The van der Waals surface area contributed by atoms with E-state index in [9.17, 15) is 4.79 Å². The van der Waals surface area contributed by atoms with Crippen molar-refractivity contribution < 1.29 is 4.79 Å². The molecule has 0 aliphatic carbocycles. The van der Waals surface area contributed by atoms with E-state index < -0.39 is 0 Å². The monoisotopic (exact) mass is 348 g/mol. The van der Waals surface area contributed by atoms with Gasteiger partial charge >= 0.3 is 0 Å². The molecule has 0 amide bonds. The molecule has 0 spiro atoms. The number of carbonyl (C=O) groups excluding carboxylic acids is 1. The first-order valence-corrected chi connectivity index (χ1v) is 7.16. The lowest BCUT2D eigenvalue weighted by Gasteiger charge is -2.02. The maximum atomic E-state index is 12.0. The van der Waals surface area contributed by atoms with Crippen LogP contribution in [-0.4, -0.2) is 5.78 Å². The Hall–Kier alpha value is -0.350. The standard InChI is InChI=1S/C12H7BrCl2OS/c13-9-4-2-1-3-7(9)5-10(16)8-6-11(14)17-12(8)15/h1-4,6H,5H2. The molecule has 1 nitrogen and oxygen atoms in total. The van der Waals surface area contributed by atoms with E-state index >= 15 is 0 Å². The Kier molecular flexibility index (Phi) is 4.26. The van der Waals surface area contributed by atoms with Crippen LogP contribution in [0.15, 0.2) is 34.8 Å². The van der Waals surface area contributed by atoms with Crippen LogP contribution in [0.1, 0.15) is 15.9 Å². The van der Waals surface area contributed by atoms with Gasteiger partial charge in [-0.25, -0.2) is 0 Å². The van der Waals surface area contributed by atoms with E-state index in [2.05, 4.69) is 15.9 Å². The number of halogens is 3. The van der Waals surface area contributed by atoms with Crippen molar-refractivity contribution in [2.45, 2.75) is 6.42 Å². The molecule has 0 bridgehead atoms. The molecule has 2 aromatic rings. The minimum atomic E-state index is -0.0231. The Balaban J connectivity index is 2.23. The topological polar surface area (TPSA) is 17.1 Å². The molecule has 0 saturated carbocycles. The molecular weight excluding hydrogens is 343 g/mol. The quantitative estimate of drug-likeness (QED) is 0.692. The molecule has 0 saturated heterocycles. The Bertz CT molecular complexity index is 565. The summed E-state index contributed by atoms with van der Waals surface area (Å²) in [4.78, 5) is 12.0. The Morgan fingerprint density at radius 1 is 1.29 bits per heavy atom. The van der Waals surface area contributed by atoms with Crippen molar-refractivity contribution in [2.75, 3.05) is 0 Å². The third-order valence-corrected chi connectivity index (χ3v) is 4.53. The lowest BCUT2D eigenvalue weighted by atomic mass is 10.1. The van der Waals surface area contributed by atoms with Gasteiger partial charge in [0, 0.05) is 16.5 Å². The summed E-state index contributed by atoms with van der Waals surface area (Å²) in [6, 6.07) is 9.24. The van der Waals surface area contributed by atoms with Crippen molar-refractivity contribution in [2.24, 2.45) is 0 Å². The molecule has 1 aromatic heterocycles. The summed E-state index contributed by atoms with van der Waals surface area (Å²) in [6.45, 7) is 0. The van der Waals surface area contributed by atoms with Crippen molar-refractivity contribution in [3.8, 4) is 0 Å². The van der Waals surface area contributed by atoms with Crippen molar-refractivity contribution in [1.29, 1.82) is 0 Å². The Morgan fingerprint density at radius 3 is 2.59 bits per heavy atom. The van der Waals surface area contributed by atoms with Crippen LogP contribution in [-0.2, 0) is 6.42 Å². The average molecular weight is 350 g/mol. The molecule has 0 atom stereocenters. The predicted octanol–water partition coefficient (Wildman–Crippen LogP) is 5.24. The number of ketones is 1. The summed E-state index contributed by atoms with van der Waals surface area (Å²) in [5.74, 6) is -0.0231. The second kappa shape index (κ2) is 5.53. The molecule has 0 fully saturated rings. The maximum Gasteiger partial charge on any atom is 0.169 e. The van der Waals surface area contributed by atoms with E-state index in [-0.39, 0.29) is 5.78 Å². The van der Waals surface area contributed by atoms with Crippen LogP contribution in [0, 0.1) is 0 Å². The first-order valence-electron chi connectivity index (χ1n) is 4.79. The number of rotatable bonds is 3. The molecule has 5 heteroatoms. The fourth-order valence-corrected chi connectivity index (χ4v) is 3.36. The smallest absolute Gasteiger partial charge is 0.169 e.